The van der Waals surface area contributed by atoms with Gasteiger partial charge in [-0.25, -0.2) is 0 Å². The van der Waals surface area contributed by atoms with Gasteiger partial charge in [-0.05, 0) is 221 Å². The van der Waals surface area contributed by atoms with E-state index in [-0.39, 0.29) is 24.1 Å². The molecule has 18 atom stereocenters. The predicted octanol–water partition coefficient (Wildman–Crippen LogP) is 11.6. The second-order valence-electron chi connectivity index (χ2n) is 22.7. The highest BCUT2D eigenvalue weighted by Crippen LogP contribution is 2.70. The first kappa shape index (κ1) is 39.7. The lowest BCUT2D eigenvalue weighted by atomic mass is 9.44. The van der Waals surface area contributed by atoms with E-state index in [9.17, 15) is 14.7 Å². The lowest BCUT2D eigenvalue weighted by Gasteiger charge is -2.61. The van der Waals surface area contributed by atoms with E-state index in [1.54, 1.807) is 0 Å². The third kappa shape index (κ3) is 6.57. The zero-order valence-electron chi connectivity index (χ0n) is 35.7. The molecule has 54 heavy (non-hydrogen) atoms. The van der Waals surface area contributed by atoms with Crippen LogP contribution in [0, 0.1) is 92.7 Å². The Morgan fingerprint density at radius 3 is 1.57 bits per heavy atom. The molecule has 0 amide bonds. The average Bonchev–Trinajstić information content (AvgIpc) is 3.70. The summed E-state index contributed by atoms with van der Waals surface area (Å²) in [6.45, 7) is 15.4. The minimum Gasteiger partial charge on any atom is -0.469 e. The highest BCUT2D eigenvalue weighted by atomic mass is 16.5. The van der Waals surface area contributed by atoms with Crippen molar-refractivity contribution in [3.8, 4) is 0 Å². The normalized spacial score (nSPS) is 50.6. The lowest BCUT2D eigenvalue weighted by Crippen LogP contribution is -2.54. The molecule has 5 unspecified atom stereocenters. The van der Waals surface area contributed by atoms with Crippen molar-refractivity contribution >= 4 is 11.9 Å². The first-order chi connectivity index (χ1) is 25.7. The summed E-state index contributed by atoms with van der Waals surface area (Å²) in [6.07, 6.45) is 26.1. The van der Waals surface area contributed by atoms with Crippen LogP contribution in [0.2, 0.25) is 0 Å². The van der Waals surface area contributed by atoms with Gasteiger partial charge in [0.25, 0.3) is 0 Å². The maximum absolute atomic E-state index is 13.5. The van der Waals surface area contributed by atoms with Crippen molar-refractivity contribution in [3.63, 3.8) is 0 Å². The van der Waals surface area contributed by atoms with Gasteiger partial charge < -0.3 is 14.6 Å². The van der Waals surface area contributed by atoms with Gasteiger partial charge in [-0.3, -0.25) is 9.59 Å². The quantitative estimate of drug-likeness (QED) is 0.238. The summed E-state index contributed by atoms with van der Waals surface area (Å²) in [4.78, 5) is 25.4. The molecule has 0 aromatic carbocycles. The molecule has 5 heteroatoms. The zero-order chi connectivity index (χ0) is 38.2. The molecular formula is C49H80O5. The van der Waals surface area contributed by atoms with Gasteiger partial charge in [0.1, 0.15) is 6.10 Å². The highest BCUT2D eigenvalue weighted by molar-refractivity contribution is 5.69. The van der Waals surface area contributed by atoms with E-state index >= 15 is 0 Å². The molecule has 0 aliphatic heterocycles. The number of hydrogen-bond donors (Lipinski definition) is 1. The van der Waals surface area contributed by atoms with Gasteiger partial charge in [-0.2, -0.15) is 0 Å². The van der Waals surface area contributed by atoms with Crippen molar-refractivity contribution < 1.29 is 24.2 Å². The summed E-state index contributed by atoms with van der Waals surface area (Å²) in [5.74, 6) is 9.11. The van der Waals surface area contributed by atoms with Crippen molar-refractivity contribution in [3.05, 3.63) is 0 Å². The number of fused-ring (bicyclic) bond motifs is 10. The molecule has 8 rings (SSSR count). The number of carbonyl (C=O) groups excluding carboxylic acids is 2. The molecule has 8 fully saturated rings. The molecule has 0 heterocycles. The third-order valence-corrected chi connectivity index (χ3v) is 20.9. The van der Waals surface area contributed by atoms with Gasteiger partial charge in [0.15, 0.2) is 0 Å². The summed E-state index contributed by atoms with van der Waals surface area (Å²) < 4.78 is 11.4. The molecule has 306 valence electrons. The molecule has 8 aliphatic rings. The highest BCUT2D eigenvalue weighted by Gasteiger charge is 2.62. The maximum Gasteiger partial charge on any atom is 0.306 e. The number of carbonyl (C=O) groups is 2. The monoisotopic (exact) mass is 749 g/mol. The van der Waals surface area contributed by atoms with E-state index in [1.807, 2.05) is 0 Å². The minimum atomic E-state index is -0.0631. The molecule has 0 aromatic rings. The van der Waals surface area contributed by atoms with Crippen LogP contribution in [0.5, 0.6) is 0 Å². The lowest BCUT2D eigenvalue weighted by molar-refractivity contribution is -0.163. The number of esters is 2. The van der Waals surface area contributed by atoms with Crippen LogP contribution in [-0.2, 0) is 19.1 Å². The molecule has 8 aliphatic carbocycles. The van der Waals surface area contributed by atoms with Crippen LogP contribution in [0.3, 0.4) is 0 Å². The summed E-state index contributed by atoms with van der Waals surface area (Å²) in [5.41, 5.74) is 1.67. The van der Waals surface area contributed by atoms with E-state index in [1.165, 1.54) is 97.0 Å². The summed E-state index contributed by atoms with van der Waals surface area (Å²) in [7, 11) is 1.51. The van der Waals surface area contributed by atoms with Crippen LogP contribution >= 0.6 is 0 Å². The van der Waals surface area contributed by atoms with Crippen molar-refractivity contribution in [1.82, 2.24) is 0 Å². The molecular weight excluding hydrogens is 669 g/mol. The largest absolute Gasteiger partial charge is 0.469 e. The maximum atomic E-state index is 13.5. The number of methoxy groups -OCH3 is 1. The van der Waals surface area contributed by atoms with E-state index in [0.29, 0.717) is 52.3 Å². The fourth-order valence-corrected chi connectivity index (χ4v) is 18.0. The van der Waals surface area contributed by atoms with Crippen LogP contribution in [0.15, 0.2) is 0 Å². The Hall–Kier alpha value is -1.10. The smallest absolute Gasteiger partial charge is 0.306 e. The number of aliphatic hydroxyl groups is 1. The van der Waals surface area contributed by atoms with Crippen molar-refractivity contribution in [2.45, 2.75) is 195 Å². The number of hydrogen-bond acceptors (Lipinski definition) is 5. The van der Waals surface area contributed by atoms with E-state index in [0.717, 1.165) is 91.8 Å². The molecule has 0 spiro atoms. The standard InChI is InChI=1S/C49H80O5/c1-30(8-18-44(51)53-7)38-14-16-41-37-13-11-33-29-35(21-25-47(33,4)43(37)23-27-48(38,41)5)54-45(52)19-9-31(2)39-15-17-40-36-12-10-32-28-34(50)20-24-46(32,3)42(36)22-26-49(39,40)6/h30-43,50H,8-29H2,1-7H3/t30-,31-,32?,33?,34-,35-,36?,37+,38-,39-,40?,41+,42?,43+,46+,47+,48-,49-/m1/s1. The number of rotatable bonds is 9. The summed E-state index contributed by atoms with van der Waals surface area (Å²) >= 11 is 0. The molecule has 0 bridgehead atoms. The van der Waals surface area contributed by atoms with Crippen molar-refractivity contribution in [2.24, 2.45) is 92.7 Å². The Morgan fingerprint density at radius 2 is 1.04 bits per heavy atom. The van der Waals surface area contributed by atoms with Crippen LogP contribution < -0.4 is 0 Å². The molecule has 0 radical (unpaired) electrons. The number of aliphatic hydroxyl groups excluding tert-OH is 1. The molecule has 8 saturated carbocycles. The van der Waals surface area contributed by atoms with Crippen molar-refractivity contribution in [2.75, 3.05) is 7.11 Å². The SMILES string of the molecule is COC(=O)CC[C@@H](C)[C@H]1CC[C@H]2[C@@H]3CCC4C[C@H](OC(=O)CC[C@@H](C)[C@H]5CCC6C7CCC8C[C@H](O)CC[C@]8(C)C7CC[C@@]65C)CC[C@]4(C)[C@H]3CC[C@]12C. The minimum absolute atomic E-state index is 0.0596. The third-order valence-electron chi connectivity index (χ3n) is 20.9. The average molecular weight is 749 g/mol. The Kier molecular flexibility index (Phi) is 11.0. The fraction of sp³-hybridized carbons (Fsp3) is 0.959. The fourth-order valence-electron chi connectivity index (χ4n) is 18.0. The van der Waals surface area contributed by atoms with Gasteiger partial charge in [0.2, 0.25) is 0 Å². The van der Waals surface area contributed by atoms with Gasteiger partial charge in [0, 0.05) is 12.8 Å². The predicted molar refractivity (Wildman–Crippen MR) is 215 cm³/mol. The number of ether oxygens (including phenoxy) is 2. The van der Waals surface area contributed by atoms with E-state index in [2.05, 4.69) is 41.5 Å². The van der Waals surface area contributed by atoms with Gasteiger partial charge in [-0.1, -0.05) is 41.5 Å². The van der Waals surface area contributed by atoms with Crippen molar-refractivity contribution in [1.29, 1.82) is 0 Å². The Labute approximate surface area is 330 Å². The van der Waals surface area contributed by atoms with Crippen LogP contribution in [0.1, 0.15) is 183 Å². The van der Waals surface area contributed by atoms with Gasteiger partial charge >= 0.3 is 11.9 Å². The van der Waals surface area contributed by atoms with Gasteiger partial charge in [-0.15, -0.1) is 0 Å². The Bertz CT molecular complexity index is 1380. The summed E-state index contributed by atoms with van der Waals surface area (Å²) in [5, 5.41) is 10.5. The van der Waals surface area contributed by atoms with Gasteiger partial charge in [0.05, 0.1) is 13.2 Å². The molecule has 0 saturated heterocycles. The summed E-state index contributed by atoms with van der Waals surface area (Å²) in [6, 6.07) is 0. The topological polar surface area (TPSA) is 72.8 Å². The first-order valence-electron chi connectivity index (χ1n) is 23.7. The Balaban J connectivity index is 0.819. The molecule has 5 nitrogen and oxygen atoms in total. The van der Waals surface area contributed by atoms with E-state index in [4.69, 9.17) is 9.47 Å². The Morgan fingerprint density at radius 1 is 0.574 bits per heavy atom. The van der Waals surface area contributed by atoms with Crippen LogP contribution in [0.4, 0.5) is 0 Å². The second-order valence-corrected chi connectivity index (χ2v) is 22.7. The molecule has 1 N–H and O–H groups in total. The van der Waals surface area contributed by atoms with Crippen LogP contribution in [-0.4, -0.2) is 36.4 Å². The first-order valence-corrected chi connectivity index (χ1v) is 23.7. The zero-order valence-corrected chi connectivity index (χ0v) is 35.7. The second kappa shape index (κ2) is 14.9. The van der Waals surface area contributed by atoms with Crippen LogP contribution in [0.25, 0.3) is 0 Å². The van der Waals surface area contributed by atoms with E-state index < -0.39 is 0 Å². The molecule has 0 aromatic heterocycles.